The summed E-state index contributed by atoms with van der Waals surface area (Å²) < 4.78 is 5.77. The molecule has 3 heteroatoms. The third kappa shape index (κ3) is 2.78. The summed E-state index contributed by atoms with van der Waals surface area (Å²) >= 11 is 0. The van der Waals surface area contributed by atoms with Crippen molar-refractivity contribution in [3.63, 3.8) is 0 Å². The van der Waals surface area contributed by atoms with Gasteiger partial charge in [-0.25, -0.2) is 0 Å². The first-order valence-corrected chi connectivity index (χ1v) is 7.26. The summed E-state index contributed by atoms with van der Waals surface area (Å²) in [6, 6.07) is 2.45. The molecule has 0 saturated carbocycles. The highest BCUT2D eigenvalue weighted by atomic mass is 16.3. The molecular weight excluding hydrogens is 224 g/mol. The maximum Gasteiger partial charge on any atom is 0.124 e. The molecule has 0 aromatic carbocycles. The second-order valence-corrected chi connectivity index (χ2v) is 5.44. The van der Waals surface area contributed by atoms with Crippen LogP contribution in [0.2, 0.25) is 0 Å². The zero-order valence-corrected chi connectivity index (χ0v) is 11.7. The fraction of sp³-hybridized carbons (Fsp3) is 0.733. The lowest BCUT2D eigenvalue weighted by Crippen LogP contribution is -2.36. The van der Waals surface area contributed by atoms with Gasteiger partial charge in [0.15, 0.2) is 0 Å². The predicted molar refractivity (Wildman–Crippen MR) is 74.4 cm³/mol. The van der Waals surface area contributed by atoms with Crippen molar-refractivity contribution in [1.82, 2.24) is 4.90 Å². The van der Waals surface area contributed by atoms with Gasteiger partial charge < -0.3 is 10.2 Å². The smallest absolute Gasteiger partial charge is 0.124 e. The zero-order chi connectivity index (χ0) is 13.0. The molecule has 0 bridgehead atoms. The number of likely N-dealkylation sites (tertiary alicyclic amines) is 1. The van der Waals surface area contributed by atoms with Gasteiger partial charge in [0, 0.05) is 0 Å². The average molecular weight is 250 g/mol. The summed E-state index contributed by atoms with van der Waals surface area (Å²) in [6.07, 6.45) is 6.80. The van der Waals surface area contributed by atoms with Crippen LogP contribution in [0.25, 0.3) is 0 Å². The minimum Gasteiger partial charge on any atom is -0.467 e. The molecule has 18 heavy (non-hydrogen) atoms. The Morgan fingerprint density at radius 2 is 2.28 bits per heavy atom. The zero-order valence-electron chi connectivity index (χ0n) is 11.7. The van der Waals surface area contributed by atoms with E-state index in [0.717, 1.165) is 18.8 Å². The van der Waals surface area contributed by atoms with Crippen LogP contribution in [-0.2, 0) is 0 Å². The van der Waals surface area contributed by atoms with Crippen LogP contribution in [-0.4, -0.2) is 24.5 Å². The first-order valence-electron chi connectivity index (χ1n) is 7.26. The number of hydrogen-bond donors (Lipinski definition) is 1. The average Bonchev–Trinajstić information content (AvgIpc) is 2.68. The van der Waals surface area contributed by atoms with Crippen LogP contribution in [0.4, 0.5) is 0 Å². The predicted octanol–water partition coefficient (Wildman–Crippen LogP) is 3.10. The number of hydrogen-bond acceptors (Lipinski definition) is 3. The summed E-state index contributed by atoms with van der Waals surface area (Å²) in [5.74, 6) is 1.67. The van der Waals surface area contributed by atoms with Crippen LogP contribution in [0.1, 0.15) is 50.0 Å². The molecule has 2 rings (SSSR count). The van der Waals surface area contributed by atoms with Gasteiger partial charge >= 0.3 is 0 Å². The Kier molecular flexibility index (Phi) is 4.84. The molecule has 2 atom stereocenters. The lowest BCUT2D eigenvalue weighted by atomic mass is 9.91. The van der Waals surface area contributed by atoms with Crippen molar-refractivity contribution < 1.29 is 4.42 Å². The molecular formula is C15H26N2O. The Morgan fingerprint density at radius 3 is 2.89 bits per heavy atom. The second kappa shape index (κ2) is 6.39. The third-order valence-electron chi connectivity index (χ3n) is 4.09. The van der Waals surface area contributed by atoms with Gasteiger partial charge in [0.25, 0.3) is 0 Å². The molecule has 2 unspecified atom stereocenters. The molecule has 1 aromatic heterocycles. The minimum atomic E-state index is 0.382. The summed E-state index contributed by atoms with van der Waals surface area (Å²) in [7, 11) is 0. The Hall–Kier alpha value is -0.800. The van der Waals surface area contributed by atoms with Crippen LogP contribution in [0.15, 0.2) is 16.7 Å². The van der Waals surface area contributed by atoms with E-state index in [0.29, 0.717) is 12.0 Å². The molecule has 0 amide bonds. The van der Waals surface area contributed by atoms with Crippen LogP contribution in [0.5, 0.6) is 0 Å². The number of nitrogens with zero attached hydrogens (tertiary/aromatic N) is 1. The van der Waals surface area contributed by atoms with Crippen LogP contribution in [0.3, 0.4) is 0 Å². The highest BCUT2D eigenvalue weighted by molar-refractivity contribution is 5.19. The standard InChI is InChI=1S/C15H26N2O/c1-3-8-17-9-5-4-6-13(11-16)14(17)15-12(2)7-10-18-15/h7,10,13-14H,3-6,8-9,11,16H2,1-2H3. The van der Waals surface area contributed by atoms with Gasteiger partial charge in [-0.05, 0) is 63.4 Å². The molecule has 0 spiro atoms. The van der Waals surface area contributed by atoms with Gasteiger partial charge in [-0.1, -0.05) is 13.3 Å². The van der Waals surface area contributed by atoms with Crippen LogP contribution in [0, 0.1) is 12.8 Å². The van der Waals surface area contributed by atoms with E-state index < -0.39 is 0 Å². The van der Waals surface area contributed by atoms with E-state index in [-0.39, 0.29) is 0 Å². The van der Waals surface area contributed by atoms with Crippen molar-refractivity contribution in [3.05, 3.63) is 23.7 Å². The van der Waals surface area contributed by atoms with Gasteiger partial charge in [-0.15, -0.1) is 0 Å². The quantitative estimate of drug-likeness (QED) is 0.893. The first-order chi connectivity index (χ1) is 8.77. The normalized spacial score (nSPS) is 26.2. The molecule has 3 nitrogen and oxygen atoms in total. The third-order valence-corrected chi connectivity index (χ3v) is 4.09. The largest absolute Gasteiger partial charge is 0.467 e. The molecule has 102 valence electrons. The lowest BCUT2D eigenvalue weighted by Gasteiger charge is -2.33. The summed E-state index contributed by atoms with van der Waals surface area (Å²) in [5, 5.41) is 0. The topological polar surface area (TPSA) is 42.4 Å². The minimum absolute atomic E-state index is 0.382. The molecule has 2 heterocycles. The van der Waals surface area contributed by atoms with Gasteiger partial charge in [0.2, 0.25) is 0 Å². The van der Waals surface area contributed by atoms with Crippen LogP contribution < -0.4 is 5.73 Å². The molecule has 1 fully saturated rings. The molecule has 2 N–H and O–H groups in total. The van der Waals surface area contributed by atoms with Crippen molar-refractivity contribution in [1.29, 1.82) is 0 Å². The number of nitrogens with two attached hydrogens (primary N) is 1. The van der Waals surface area contributed by atoms with Crippen molar-refractivity contribution >= 4 is 0 Å². The van der Waals surface area contributed by atoms with Crippen molar-refractivity contribution in [2.24, 2.45) is 11.7 Å². The SMILES string of the molecule is CCCN1CCCCC(CN)C1c1occc1C. The fourth-order valence-electron chi connectivity index (χ4n) is 3.17. The second-order valence-electron chi connectivity index (χ2n) is 5.44. The molecule has 0 aliphatic carbocycles. The van der Waals surface area contributed by atoms with Crippen molar-refractivity contribution in [2.45, 2.75) is 45.6 Å². The van der Waals surface area contributed by atoms with E-state index in [2.05, 4.69) is 24.8 Å². The number of aryl methyl sites for hydroxylation is 1. The Bertz CT molecular complexity index is 361. The van der Waals surface area contributed by atoms with Crippen LogP contribution >= 0.6 is 0 Å². The number of rotatable bonds is 4. The Morgan fingerprint density at radius 1 is 1.44 bits per heavy atom. The van der Waals surface area contributed by atoms with E-state index in [1.807, 2.05) is 6.26 Å². The van der Waals surface area contributed by atoms with Gasteiger partial charge in [-0.2, -0.15) is 0 Å². The Labute approximate surface area is 110 Å². The maximum atomic E-state index is 6.01. The maximum absolute atomic E-state index is 6.01. The van der Waals surface area contributed by atoms with E-state index in [4.69, 9.17) is 10.2 Å². The Balaban J connectivity index is 2.29. The lowest BCUT2D eigenvalue weighted by molar-refractivity contribution is 0.136. The highest BCUT2D eigenvalue weighted by Gasteiger charge is 2.32. The summed E-state index contributed by atoms with van der Waals surface area (Å²) in [6.45, 7) is 7.46. The monoisotopic (exact) mass is 250 g/mol. The molecule has 1 aromatic rings. The fourth-order valence-corrected chi connectivity index (χ4v) is 3.17. The van der Waals surface area contributed by atoms with E-state index in [1.165, 1.54) is 37.8 Å². The highest BCUT2D eigenvalue weighted by Crippen LogP contribution is 2.36. The van der Waals surface area contributed by atoms with Crippen molar-refractivity contribution in [3.8, 4) is 0 Å². The molecule has 0 radical (unpaired) electrons. The molecule has 1 aliphatic heterocycles. The summed E-state index contributed by atoms with van der Waals surface area (Å²) in [4.78, 5) is 2.58. The van der Waals surface area contributed by atoms with E-state index >= 15 is 0 Å². The van der Waals surface area contributed by atoms with Gasteiger partial charge in [0.05, 0.1) is 12.3 Å². The summed E-state index contributed by atoms with van der Waals surface area (Å²) in [5.41, 5.74) is 7.27. The van der Waals surface area contributed by atoms with Crippen molar-refractivity contribution in [2.75, 3.05) is 19.6 Å². The molecule has 1 saturated heterocycles. The van der Waals surface area contributed by atoms with Gasteiger partial charge in [0.1, 0.15) is 5.76 Å². The van der Waals surface area contributed by atoms with E-state index in [9.17, 15) is 0 Å². The van der Waals surface area contributed by atoms with Gasteiger partial charge in [-0.3, -0.25) is 4.90 Å². The number of furan rings is 1. The first kappa shape index (κ1) is 13.6. The molecule has 1 aliphatic rings. The van der Waals surface area contributed by atoms with E-state index in [1.54, 1.807) is 0 Å².